The Balaban J connectivity index is 1.36. The zero-order valence-electron chi connectivity index (χ0n) is 23.0. The molecule has 0 radical (unpaired) electrons. The maximum atomic E-state index is 13.4. The standard InChI is InChI=1S/C31H33ClN2O6/c1-4-5-6-7-10-19-18(2)21-13-23(32)28(15-27(21)40-30(19)36)39-17-29(35)34-16-25-22(14-26(34)31(37)38-3)20-11-8-9-12-24(20)33-25/h8-9,11-13,15,26,33H,4-7,10,14,16-17H2,1-3H3. The second-order valence-electron chi connectivity index (χ2n) is 10.3. The lowest BCUT2D eigenvalue weighted by Gasteiger charge is -2.33. The fourth-order valence-corrected chi connectivity index (χ4v) is 5.78. The summed E-state index contributed by atoms with van der Waals surface area (Å²) in [4.78, 5) is 43.6. The maximum absolute atomic E-state index is 13.4. The monoisotopic (exact) mass is 564 g/mol. The number of hydrogen-bond donors (Lipinski definition) is 1. The molecule has 5 rings (SSSR count). The van der Waals surface area contributed by atoms with E-state index in [0.29, 0.717) is 29.0 Å². The molecule has 0 saturated heterocycles. The molecule has 2 aromatic heterocycles. The fraction of sp³-hybridized carbons (Fsp3) is 0.387. The van der Waals surface area contributed by atoms with Crippen LogP contribution in [-0.2, 0) is 33.7 Å². The van der Waals surface area contributed by atoms with Crippen LogP contribution in [0.2, 0.25) is 5.02 Å². The number of hydrogen-bond acceptors (Lipinski definition) is 6. The summed E-state index contributed by atoms with van der Waals surface area (Å²) in [6.07, 6.45) is 5.22. The van der Waals surface area contributed by atoms with Gasteiger partial charge in [-0.1, -0.05) is 56.0 Å². The number of rotatable bonds is 9. The Kier molecular flexibility index (Phi) is 8.17. The highest BCUT2D eigenvalue weighted by atomic mass is 35.5. The second kappa shape index (κ2) is 11.8. The first-order valence-corrected chi connectivity index (χ1v) is 14.0. The van der Waals surface area contributed by atoms with Gasteiger partial charge in [0.1, 0.15) is 17.4 Å². The van der Waals surface area contributed by atoms with Gasteiger partial charge < -0.3 is 23.8 Å². The van der Waals surface area contributed by atoms with Gasteiger partial charge in [0.15, 0.2) is 6.61 Å². The number of methoxy groups -OCH3 is 1. The fourth-order valence-electron chi connectivity index (χ4n) is 5.56. The van der Waals surface area contributed by atoms with Crippen LogP contribution in [0, 0.1) is 6.92 Å². The summed E-state index contributed by atoms with van der Waals surface area (Å²) in [7, 11) is 1.31. The van der Waals surface area contributed by atoms with Crippen molar-refractivity contribution < 1.29 is 23.5 Å². The van der Waals surface area contributed by atoms with Gasteiger partial charge in [-0.3, -0.25) is 4.79 Å². The number of fused-ring (bicyclic) bond motifs is 4. The van der Waals surface area contributed by atoms with Crippen LogP contribution in [-0.4, -0.2) is 41.5 Å². The van der Waals surface area contributed by atoms with Gasteiger partial charge in [0.25, 0.3) is 5.91 Å². The molecular formula is C31H33ClN2O6. The van der Waals surface area contributed by atoms with Crippen LogP contribution in [0.25, 0.3) is 21.9 Å². The van der Waals surface area contributed by atoms with E-state index in [2.05, 4.69) is 11.9 Å². The van der Waals surface area contributed by atoms with Crippen molar-refractivity contribution >= 4 is 45.3 Å². The van der Waals surface area contributed by atoms with Crippen molar-refractivity contribution in [1.29, 1.82) is 0 Å². The molecule has 1 unspecified atom stereocenters. The molecule has 8 nitrogen and oxygen atoms in total. The Morgan fingerprint density at radius 3 is 2.73 bits per heavy atom. The largest absolute Gasteiger partial charge is 0.482 e. The van der Waals surface area contributed by atoms with E-state index >= 15 is 0 Å². The number of carbonyl (C=O) groups is 2. The lowest BCUT2D eigenvalue weighted by molar-refractivity contribution is -0.154. The van der Waals surface area contributed by atoms with Crippen LogP contribution in [0.3, 0.4) is 0 Å². The lowest BCUT2D eigenvalue weighted by Crippen LogP contribution is -2.50. The van der Waals surface area contributed by atoms with Crippen LogP contribution in [0.1, 0.15) is 55.0 Å². The van der Waals surface area contributed by atoms with Crippen LogP contribution in [0.15, 0.2) is 45.6 Å². The predicted octanol–water partition coefficient (Wildman–Crippen LogP) is 5.86. The van der Waals surface area contributed by atoms with Crippen molar-refractivity contribution in [2.45, 2.75) is 65.0 Å². The number of aromatic amines is 1. The summed E-state index contributed by atoms with van der Waals surface area (Å²) in [5.74, 6) is -0.662. The number of carbonyl (C=O) groups excluding carboxylic acids is 2. The molecule has 40 heavy (non-hydrogen) atoms. The molecule has 4 aromatic rings. The third kappa shape index (κ3) is 5.32. The van der Waals surface area contributed by atoms with Crippen molar-refractivity contribution in [2.24, 2.45) is 0 Å². The Morgan fingerprint density at radius 1 is 1.15 bits per heavy atom. The first kappa shape index (κ1) is 27.8. The first-order chi connectivity index (χ1) is 19.3. The summed E-state index contributed by atoms with van der Waals surface area (Å²) in [6, 6.07) is 10.3. The Labute approximate surface area is 237 Å². The van der Waals surface area contributed by atoms with Gasteiger partial charge in [0, 0.05) is 40.0 Å². The number of nitrogens with one attached hydrogen (secondary N) is 1. The van der Waals surface area contributed by atoms with Crippen LogP contribution < -0.4 is 10.4 Å². The van der Waals surface area contributed by atoms with Crippen LogP contribution in [0.4, 0.5) is 0 Å². The molecule has 1 aliphatic rings. The Hall–Kier alpha value is -3.78. The van der Waals surface area contributed by atoms with Crippen LogP contribution in [0.5, 0.6) is 5.75 Å². The highest BCUT2D eigenvalue weighted by Crippen LogP contribution is 2.34. The number of aromatic nitrogens is 1. The smallest absolute Gasteiger partial charge is 0.339 e. The number of unbranched alkanes of at least 4 members (excludes halogenated alkanes) is 3. The number of aryl methyl sites for hydroxylation is 1. The highest BCUT2D eigenvalue weighted by molar-refractivity contribution is 6.32. The number of benzene rings is 2. The Morgan fingerprint density at radius 2 is 1.95 bits per heavy atom. The number of halogens is 1. The Bertz CT molecular complexity index is 1640. The SMILES string of the molecule is CCCCCCc1c(C)c2cc(Cl)c(OCC(=O)N3Cc4[nH]c5ccccc5c4CC3C(=O)OC)cc2oc1=O. The van der Waals surface area contributed by atoms with Crippen molar-refractivity contribution in [3.05, 3.63) is 74.2 Å². The average molecular weight is 565 g/mol. The number of nitrogens with zero attached hydrogens (tertiary/aromatic N) is 1. The molecule has 9 heteroatoms. The molecule has 0 aliphatic carbocycles. The summed E-state index contributed by atoms with van der Waals surface area (Å²) in [5, 5.41) is 2.07. The quantitative estimate of drug-likeness (QED) is 0.155. The van der Waals surface area contributed by atoms with E-state index in [-0.39, 0.29) is 24.5 Å². The third-order valence-corrected chi connectivity index (χ3v) is 8.06. The summed E-state index contributed by atoms with van der Waals surface area (Å²) in [5.41, 5.74) is 4.32. The summed E-state index contributed by atoms with van der Waals surface area (Å²) >= 11 is 6.55. The van der Waals surface area contributed by atoms with Crippen LogP contribution >= 0.6 is 11.6 Å². The first-order valence-electron chi connectivity index (χ1n) is 13.7. The topological polar surface area (TPSA) is 102 Å². The molecule has 0 bridgehead atoms. The summed E-state index contributed by atoms with van der Waals surface area (Å²) in [6.45, 7) is 3.91. The molecule has 0 saturated carbocycles. The normalized spacial score (nSPS) is 14.9. The third-order valence-electron chi connectivity index (χ3n) is 7.77. The number of H-pyrrole nitrogens is 1. The minimum Gasteiger partial charge on any atom is -0.482 e. The molecule has 2 aromatic carbocycles. The average Bonchev–Trinajstić information content (AvgIpc) is 3.32. The minimum atomic E-state index is -0.781. The zero-order valence-corrected chi connectivity index (χ0v) is 23.7. The van der Waals surface area contributed by atoms with Crippen molar-refractivity contribution in [1.82, 2.24) is 9.88 Å². The van der Waals surface area contributed by atoms with Gasteiger partial charge in [-0.05, 0) is 43.0 Å². The summed E-state index contributed by atoms with van der Waals surface area (Å²) < 4.78 is 16.5. The van der Waals surface area contributed by atoms with Gasteiger partial charge in [-0.2, -0.15) is 0 Å². The molecule has 1 atom stereocenters. The molecule has 1 N–H and O–H groups in total. The van der Waals surface area contributed by atoms with Gasteiger partial charge in [0.2, 0.25) is 0 Å². The predicted molar refractivity (Wildman–Crippen MR) is 154 cm³/mol. The van der Waals surface area contributed by atoms with Gasteiger partial charge in [0.05, 0.1) is 18.7 Å². The minimum absolute atomic E-state index is 0.215. The van der Waals surface area contributed by atoms with E-state index in [4.69, 9.17) is 25.5 Å². The van der Waals surface area contributed by atoms with Crippen molar-refractivity contribution in [3.63, 3.8) is 0 Å². The number of para-hydroxylation sites is 1. The second-order valence-corrected chi connectivity index (χ2v) is 10.7. The van der Waals surface area contributed by atoms with E-state index in [1.54, 1.807) is 12.1 Å². The highest BCUT2D eigenvalue weighted by Gasteiger charge is 2.37. The maximum Gasteiger partial charge on any atom is 0.339 e. The van der Waals surface area contributed by atoms with E-state index in [1.807, 2.05) is 31.2 Å². The van der Waals surface area contributed by atoms with Gasteiger partial charge in [-0.25, -0.2) is 9.59 Å². The van der Waals surface area contributed by atoms with E-state index in [0.717, 1.165) is 58.8 Å². The van der Waals surface area contributed by atoms with E-state index in [1.165, 1.54) is 12.0 Å². The zero-order chi connectivity index (χ0) is 28.4. The van der Waals surface area contributed by atoms with E-state index in [9.17, 15) is 14.4 Å². The molecule has 0 spiro atoms. The van der Waals surface area contributed by atoms with Gasteiger partial charge >= 0.3 is 11.6 Å². The molecule has 3 heterocycles. The molecule has 1 aliphatic heterocycles. The van der Waals surface area contributed by atoms with Gasteiger partial charge in [-0.15, -0.1) is 0 Å². The van der Waals surface area contributed by atoms with Crippen molar-refractivity contribution in [3.8, 4) is 5.75 Å². The molecule has 0 fully saturated rings. The lowest BCUT2D eigenvalue weighted by atomic mass is 9.96. The number of esters is 1. The molecular weight excluding hydrogens is 532 g/mol. The van der Waals surface area contributed by atoms with Crippen molar-refractivity contribution in [2.75, 3.05) is 13.7 Å². The van der Waals surface area contributed by atoms with E-state index < -0.39 is 17.9 Å². The molecule has 1 amide bonds. The number of ether oxygens (including phenoxy) is 2. The molecule has 210 valence electrons. The number of amides is 1.